The normalized spacial score (nSPS) is 10.7. The van der Waals surface area contributed by atoms with Gasteiger partial charge in [0.05, 0.1) is 12.1 Å². The number of nitrogens with two attached hydrogens (primary N) is 1. The van der Waals surface area contributed by atoms with Gasteiger partial charge in [-0.05, 0) is 23.6 Å². The molecule has 4 nitrogen and oxygen atoms in total. The number of aromatic nitrogens is 1. The molecule has 0 aliphatic carbocycles. The summed E-state index contributed by atoms with van der Waals surface area (Å²) in [7, 11) is 2.00. The van der Waals surface area contributed by atoms with Gasteiger partial charge in [0, 0.05) is 22.9 Å². The number of thiophene rings is 1. The average molecular weight is 296 g/mol. The molecular formula is C16H16N4S. The van der Waals surface area contributed by atoms with Crippen molar-refractivity contribution in [1.82, 2.24) is 4.98 Å². The minimum Gasteiger partial charge on any atom is -0.384 e. The molecule has 0 radical (unpaired) electrons. The molecule has 0 atom stereocenters. The molecule has 0 amide bonds. The second-order valence-corrected chi connectivity index (χ2v) is 5.93. The third-order valence-electron chi connectivity index (χ3n) is 3.36. The number of fused-ring (bicyclic) bond motifs is 1. The third-order valence-corrected chi connectivity index (χ3v) is 4.22. The third kappa shape index (κ3) is 2.73. The smallest absolute Gasteiger partial charge is 0.130 e. The lowest BCUT2D eigenvalue weighted by atomic mass is 10.1. The Morgan fingerprint density at radius 2 is 2.10 bits per heavy atom. The van der Waals surface area contributed by atoms with E-state index >= 15 is 0 Å². The fourth-order valence-electron chi connectivity index (χ4n) is 2.30. The first-order valence-corrected chi connectivity index (χ1v) is 7.51. The zero-order chi connectivity index (χ0) is 14.8. The van der Waals surface area contributed by atoms with Crippen molar-refractivity contribution in [3.8, 4) is 0 Å². The van der Waals surface area contributed by atoms with Gasteiger partial charge in [-0.3, -0.25) is 5.41 Å². The van der Waals surface area contributed by atoms with Crippen LogP contribution in [0.5, 0.6) is 0 Å². The van der Waals surface area contributed by atoms with Crippen molar-refractivity contribution >= 4 is 33.9 Å². The Hall–Kier alpha value is -2.40. The lowest BCUT2D eigenvalue weighted by molar-refractivity contribution is 0.917. The van der Waals surface area contributed by atoms with E-state index in [9.17, 15) is 0 Å². The minimum absolute atomic E-state index is 0.0689. The Labute approximate surface area is 127 Å². The summed E-state index contributed by atoms with van der Waals surface area (Å²) in [5.74, 6) is 0.895. The number of nitrogen functional groups attached to an aromatic ring is 1. The molecule has 0 unspecified atom stereocenters. The lowest BCUT2D eigenvalue weighted by Crippen LogP contribution is -2.19. The molecule has 5 heteroatoms. The highest BCUT2D eigenvalue weighted by atomic mass is 32.1. The second kappa shape index (κ2) is 5.54. The van der Waals surface area contributed by atoms with E-state index in [4.69, 9.17) is 11.1 Å². The number of amidine groups is 1. The number of hydrogen-bond acceptors (Lipinski definition) is 4. The van der Waals surface area contributed by atoms with Crippen molar-refractivity contribution in [2.75, 3.05) is 11.9 Å². The molecule has 2 heterocycles. The molecule has 0 aliphatic heterocycles. The molecule has 0 fully saturated rings. The molecule has 21 heavy (non-hydrogen) atoms. The van der Waals surface area contributed by atoms with Crippen LogP contribution in [0.25, 0.3) is 10.9 Å². The van der Waals surface area contributed by atoms with Crippen LogP contribution in [0, 0.1) is 5.41 Å². The highest BCUT2D eigenvalue weighted by Gasteiger charge is 2.11. The lowest BCUT2D eigenvalue weighted by Gasteiger charge is -2.19. The summed E-state index contributed by atoms with van der Waals surface area (Å²) in [5, 5.41) is 10.8. The summed E-state index contributed by atoms with van der Waals surface area (Å²) in [5.41, 5.74) is 7.31. The van der Waals surface area contributed by atoms with Crippen molar-refractivity contribution < 1.29 is 0 Å². The fraction of sp³-hybridized carbons (Fsp3) is 0.125. The first kappa shape index (κ1) is 13.6. The van der Waals surface area contributed by atoms with Crippen molar-refractivity contribution in [2.24, 2.45) is 5.73 Å². The zero-order valence-corrected chi connectivity index (χ0v) is 12.5. The zero-order valence-electron chi connectivity index (χ0n) is 11.7. The van der Waals surface area contributed by atoms with Crippen LogP contribution < -0.4 is 10.6 Å². The monoisotopic (exact) mass is 296 g/mol. The van der Waals surface area contributed by atoms with Gasteiger partial charge in [-0.1, -0.05) is 24.3 Å². The highest BCUT2D eigenvalue weighted by Crippen LogP contribution is 2.23. The highest BCUT2D eigenvalue weighted by molar-refractivity contribution is 7.09. The van der Waals surface area contributed by atoms with E-state index in [-0.39, 0.29) is 5.84 Å². The summed E-state index contributed by atoms with van der Waals surface area (Å²) in [6.45, 7) is 0.792. The molecule has 2 aromatic heterocycles. The summed E-state index contributed by atoms with van der Waals surface area (Å²) in [4.78, 5) is 8.03. The van der Waals surface area contributed by atoms with Crippen LogP contribution >= 0.6 is 11.3 Å². The van der Waals surface area contributed by atoms with Crippen LogP contribution in [0.1, 0.15) is 10.4 Å². The molecule has 0 bridgehead atoms. The summed E-state index contributed by atoms with van der Waals surface area (Å²) in [6, 6.07) is 13.8. The van der Waals surface area contributed by atoms with E-state index in [1.165, 1.54) is 4.88 Å². The SMILES string of the molecule is CN(Cc1cccs1)c1cc(C(=N)N)c2ccccc2n1. The van der Waals surface area contributed by atoms with Crippen LogP contribution in [-0.4, -0.2) is 17.9 Å². The maximum atomic E-state index is 7.78. The molecule has 3 aromatic rings. The molecule has 3 N–H and O–H groups in total. The largest absolute Gasteiger partial charge is 0.384 e. The predicted molar refractivity (Wildman–Crippen MR) is 89.2 cm³/mol. The fourth-order valence-corrected chi connectivity index (χ4v) is 3.05. The molecule has 3 rings (SSSR count). The van der Waals surface area contributed by atoms with E-state index in [0.717, 1.165) is 28.8 Å². The van der Waals surface area contributed by atoms with Crippen LogP contribution in [-0.2, 0) is 6.54 Å². The van der Waals surface area contributed by atoms with Crippen molar-refractivity contribution in [3.63, 3.8) is 0 Å². The molecule has 0 saturated heterocycles. The molecule has 0 saturated carbocycles. The maximum absolute atomic E-state index is 7.78. The van der Waals surface area contributed by atoms with Crippen LogP contribution in [0.15, 0.2) is 47.8 Å². The maximum Gasteiger partial charge on any atom is 0.130 e. The number of pyridine rings is 1. The molecule has 0 aliphatic rings. The molecule has 0 spiro atoms. The average Bonchev–Trinajstić information content (AvgIpc) is 2.98. The van der Waals surface area contributed by atoms with Gasteiger partial charge in [0.25, 0.3) is 0 Å². The number of benzene rings is 1. The second-order valence-electron chi connectivity index (χ2n) is 4.89. The minimum atomic E-state index is 0.0689. The Morgan fingerprint density at radius 1 is 1.29 bits per heavy atom. The van der Waals surface area contributed by atoms with Gasteiger partial charge >= 0.3 is 0 Å². The summed E-state index contributed by atoms with van der Waals surface area (Å²) in [6.07, 6.45) is 0. The Balaban J connectivity index is 2.04. The van der Waals surface area contributed by atoms with Gasteiger partial charge in [0.2, 0.25) is 0 Å². The summed E-state index contributed by atoms with van der Waals surface area (Å²) < 4.78 is 0. The van der Waals surface area contributed by atoms with Gasteiger partial charge in [-0.25, -0.2) is 4.98 Å². The molecular weight excluding hydrogens is 280 g/mol. The number of rotatable bonds is 4. The van der Waals surface area contributed by atoms with E-state index in [1.54, 1.807) is 11.3 Å². The number of nitrogens with one attached hydrogen (secondary N) is 1. The van der Waals surface area contributed by atoms with Crippen molar-refractivity contribution in [1.29, 1.82) is 5.41 Å². The first-order chi connectivity index (χ1) is 10.1. The van der Waals surface area contributed by atoms with E-state index in [2.05, 4.69) is 21.3 Å². The van der Waals surface area contributed by atoms with E-state index in [1.807, 2.05) is 43.4 Å². The predicted octanol–water partition coefficient (Wildman–Crippen LogP) is 3.22. The van der Waals surface area contributed by atoms with Crippen molar-refractivity contribution in [3.05, 3.63) is 58.3 Å². The van der Waals surface area contributed by atoms with E-state index < -0.39 is 0 Å². The Bertz CT molecular complexity index is 780. The van der Waals surface area contributed by atoms with E-state index in [0.29, 0.717) is 0 Å². The van der Waals surface area contributed by atoms with Gasteiger partial charge in [-0.2, -0.15) is 0 Å². The molecule has 106 valence electrons. The van der Waals surface area contributed by atoms with Crippen LogP contribution in [0.2, 0.25) is 0 Å². The Kier molecular flexibility index (Phi) is 3.58. The number of nitrogens with zero attached hydrogens (tertiary/aromatic N) is 2. The van der Waals surface area contributed by atoms with Gasteiger partial charge < -0.3 is 10.6 Å². The first-order valence-electron chi connectivity index (χ1n) is 6.63. The topological polar surface area (TPSA) is 66.0 Å². The number of para-hydroxylation sites is 1. The quantitative estimate of drug-likeness (QED) is 0.574. The van der Waals surface area contributed by atoms with Crippen molar-refractivity contribution in [2.45, 2.75) is 6.54 Å². The standard InChI is InChI=1S/C16H16N4S/c1-20(10-11-5-4-8-21-11)15-9-13(16(17)18)12-6-2-3-7-14(12)19-15/h2-9H,10H2,1H3,(H3,17,18). The summed E-state index contributed by atoms with van der Waals surface area (Å²) >= 11 is 1.72. The number of anilines is 1. The van der Waals surface area contributed by atoms with Gasteiger partial charge in [0.15, 0.2) is 0 Å². The number of hydrogen-bond donors (Lipinski definition) is 2. The van der Waals surface area contributed by atoms with Gasteiger partial charge in [0.1, 0.15) is 11.7 Å². The molecule has 1 aromatic carbocycles. The van der Waals surface area contributed by atoms with Gasteiger partial charge in [-0.15, -0.1) is 11.3 Å². The Morgan fingerprint density at radius 3 is 2.81 bits per heavy atom. The van der Waals surface area contributed by atoms with Crippen LogP contribution in [0.3, 0.4) is 0 Å². The van der Waals surface area contributed by atoms with Crippen LogP contribution in [0.4, 0.5) is 5.82 Å².